The summed E-state index contributed by atoms with van der Waals surface area (Å²) in [7, 11) is 3.12. The van der Waals surface area contributed by atoms with E-state index in [0.29, 0.717) is 17.1 Å². The Bertz CT molecular complexity index is 1250. The Kier molecular flexibility index (Phi) is 5.22. The van der Waals surface area contributed by atoms with Gasteiger partial charge in [0, 0.05) is 5.39 Å². The number of carbonyl (C=O) groups excluding carboxylic acids is 1. The summed E-state index contributed by atoms with van der Waals surface area (Å²) >= 11 is 3.43. The molecule has 1 heterocycles. The van der Waals surface area contributed by atoms with Gasteiger partial charge in [-0.3, -0.25) is 4.79 Å². The maximum Gasteiger partial charge on any atom is 0.307 e. The molecule has 29 heavy (non-hydrogen) atoms. The lowest BCUT2D eigenvalue weighted by Gasteiger charge is -2.10. The zero-order valence-electron chi connectivity index (χ0n) is 15.7. The lowest BCUT2D eigenvalue weighted by atomic mass is 10.1. The molecule has 1 amide bonds. The minimum absolute atomic E-state index is 0.196. The Morgan fingerprint density at radius 3 is 2.69 bits per heavy atom. The van der Waals surface area contributed by atoms with E-state index in [1.165, 1.54) is 6.21 Å². The van der Waals surface area contributed by atoms with Gasteiger partial charge in [-0.05, 0) is 56.5 Å². The molecule has 0 saturated carbocycles. The van der Waals surface area contributed by atoms with E-state index in [9.17, 15) is 4.79 Å². The Morgan fingerprint density at radius 1 is 1.07 bits per heavy atom. The van der Waals surface area contributed by atoms with E-state index in [0.717, 1.165) is 26.2 Å². The Morgan fingerprint density at radius 2 is 1.90 bits per heavy atom. The molecule has 0 radical (unpaired) electrons. The summed E-state index contributed by atoms with van der Waals surface area (Å²) in [5.41, 5.74) is 3.87. The van der Waals surface area contributed by atoms with Crippen LogP contribution in [0.4, 0.5) is 0 Å². The third kappa shape index (κ3) is 3.69. The monoisotopic (exact) mass is 452 g/mol. The van der Waals surface area contributed by atoms with E-state index >= 15 is 0 Å². The van der Waals surface area contributed by atoms with Crippen molar-refractivity contribution in [1.29, 1.82) is 0 Å². The van der Waals surface area contributed by atoms with Crippen LogP contribution < -0.4 is 14.9 Å². The first-order chi connectivity index (χ1) is 14.1. The highest BCUT2D eigenvalue weighted by Gasteiger charge is 2.14. The molecular weight excluding hydrogens is 436 g/mol. The van der Waals surface area contributed by atoms with Crippen molar-refractivity contribution < 1.29 is 18.7 Å². The van der Waals surface area contributed by atoms with Gasteiger partial charge < -0.3 is 13.9 Å². The smallest absolute Gasteiger partial charge is 0.307 e. The van der Waals surface area contributed by atoms with Crippen molar-refractivity contribution in [3.63, 3.8) is 0 Å². The largest absolute Gasteiger partial charge is 0.493 e. The van der Waals surface area contributed by atoms with Gasteiger partial charge in [0.25, 0.3) is 0 Å². The molecule has 0 fully saturated rings. The van der Waals surface area contributed by atoms with E-state index in [1.807, 2.05) is 42.5 Å². The highest BCUT2D eigenvalue weighted by atomic mass is 79.9. The van der Waals surface area contributed by atoms with E-state index in [1.54, 1.807) is 26.4 Å². The van der Waals surface area contributed by atoms with Gasteiger partial charge in [0.1, 0.15) is 5.58 Å². The van der Waals surface area contributed by atoms with Crippen LogP contribution in [0.5, 0.6) is 11.5 Å². The number of methoxy groups -OCH3 is 2. The molecule has 0 saturated heterocycles. The SMILES string of the molecule is COc1cc(/C=N/NC(=O)c2cc3c(ccc4ccccc43)o2)cc(Br)c1OC. The first-order valence-electron chi connectivity index (χ1n) is 8.77. The number of hydrogen-bond acceptors (Lipinski definition) is 5. The Labute approximate surface area is 175 Å². The van der Waals surface area contributed by atoms with Crippen LogP contribution in [-0.2, 0) is 0 Å². The number of furan rings is 1. The maximum atomic E-state index is 12.5. The van der Waals surface area contributed by atoms with Gasteiger partial charge in [-0.2, -0.15) is 5.10 Å². The van der Waals surface area contributed by atoms with Crippen LogP contribution in [0, 0.1) is 0 Å². The van der Waals surface area contributed by atoms with Crippen LogP contribution >= 0.6 is 15.9 Å². The first kappa shape index (κ1) is 19.0. The van der Waals surface area contributed by atoms with E-state index < -0.39 is 5.91 Å². The molecule has 7 heteroatoms. The lowest BCUT2D eigenvalue weighted by molar-refractivity contribution is 0.0929. The number of hydrazone groups is 1. The average Bonchev–Trinajstić information content (AvgIpc) is 3.18. The highest BCUT2D eigenvalue weighted by Crippen LogP contribution is 2.35. The standard InChI is InChI=1S/C22H17BrN2O4/c1-27-19-10-13(9-17(23)21(19)28-2)12-24-25-22(26)20-11-16-15-6-4-3-5-14(15)7-8-18(16)29-20/h3-12H,1-2H3,(H,25,26)/b24-12+. The number of nitrogens with one attached hydrogen (secondary N) is 1. The number of hydrogen-bond donors (Lipinski definition) is 1. The highest BCUT2D eigenvalue weighted by molar-refractivity contribution is 9.10. The summed E-state index contributed by atoms with van der Waals surface area (Å²) in [4.78, 5) is 12.5. The zero-order chi connectivity index (χ0) is 20.4. The minimum atomic E-state index is -0.430. The van der Waals surface area contributed by atoms with E-state index in [2.05, 4.69) is 26.5 Å². The van der Waals surface area contributed by atoms with Crippen LogP contribution in [0.2, 0.25) is 0 Å². The van der Waals surface area contributed by atoms with Crippen molar-refractivity contribution in [3.05, 3.63) is 70.4 Å². The molecule has 4 rings (SSSR count). The number of carbonyl (C=O) groups is 1. The number of fused-ring (bicyclic) bond motifs is 3. The van der Waals surface area contributed by atoms with Gasteiger partial charge in [0.05, 0.1) is 24.9 Å². The average molecular weight is 453 g/mol. The second kappa shape index (κ2) is 7.97. The molecule has 6 nitrogen and oxygen atoms in total. The van der Waals surface area contributed by atoms with Crippen LogP contribution in [0.25, 0.3) is 21.7 Å². The van der Waals surface area contributed by atoms with Crippen molar-refractivity contribution in [2.45, 2.75) is 0 Å². The summed E-state index contributed by atoms with van der Waals surface area (Å²) in [6, 6.07) is 17.1. The normalized spacial score (nSPS) is 11.3. The molecule has 0 aliphatic rings. The summed E-state index contributed by atoms with van der Waals surface area (Å²) in [5, 5.41) is 7.03. The Balaban J connectivity index is 1.56. The molecule has 1 N–H and O–H groups in total. The van der Waals surface area contributed by atoms with Gasteiger partial charge in [-0.1, -0.05) is 30.3 Å². The number of benzene rings is 3. The molecule has 0 unspecified atom stereocenters. The maximum absolute atomic E-state index is 12.5. The molecule has 146 valence electrons. The summed E-state index contributed by atoms with van der Waals surface area (Å²) in [5.74, 6) is 0.907. The minimum Gasteiger partial charge on any atom is -0.493 e. The van der Waals surface area contributed by atoms with E-state index in [4.69, 9.17) is 13.9 Å². The van der Waals surface area contributed by atoms with Crippen molar-refractivity contribution in [1.82, 2.24) is 5.43 Å². The molecule has 0 bridgehead atoms. The molecule has 0 aliphatic heterocycles. The van der Waals surface area contributed by atoms with Gasteiger partial charge in [0.15, 0.2) is 17.3 Å². The van der Waals surface area contributed by atoms with Crippen LogP contribution in [0.15, 0.2) is 68.6 Å². The topological polar surface area (TPSA) is 73.1 Å². The van der Waals surface area contributed by atoms with Gasteiger partial charge in [-0.15, -0.1) is 0 Å². The van der Waals surface area contributed by atoms with Crippen LogP contribution in [0.1, 0.15) is 16.1 Å². The van der Waals surface area contributed by atoms with Crippen LogP contribution in [0.3, 0.4) is 0 Å². The van der Waals surface area contributed by atoms with Crippen LogP contribution in [-0.4, -0.2) is 26.3 Å². The van der Waals surface area contributed by atoms with Crippen molar-refractivity contribution in [2.24, 2.45) is 5.10 Å². The quantitative estimate of drug-likeness (QED) is 0.336. The number of rotatable bonds is 5. The van der Waals surface area contributed by atoms with Crippen molar-refractivity contribution in [3.8, 4) is 11.5 Å². The number of nitrogens with zero attached hydrogens (tertiary/aromatic N) is 1. The molecule has 4 aromatic rings. The first-order valence-corrected chi connectivity index (χ1v) is 9.56. The predicted octanol–water partition coefficient (Wildman–Crippen LogP) is 5.13. The number of ether oxygens (including phenoxy) is 2. The fourth-order valence-electron chi connectivity index (χ4n) is 3.14. The van der Waals surface area contributed by atoms with Crippen molar-refractivity contribution in [2.75, 3.05) is 14.2 Å². The molecular formula is C22H17BrN2O4. The summed E-state index contributed by atoms with van der Waals surface area (Å²) in [6.07, 6.45) is 1.52. The predicted molar refractivity (Wildman–Crippen MR) is 116 cm³/mol. The van der Waals surface area contributed by atoms with Gasteiger partial charge in [0.2, 0.25) is 0 Å². The number of halogens is 1. The Hall–Kier alpha value is -3.32. The van der Waals surface area contributed by atoms with Gasteiger partial charge >= 0.3 is 5.91 Å². The zero-order valence-corrected chi connectivity index (χ0v) is 17.3. The lowest BCUT2D eigenvalue weighted by Crippen LogP contribution is -2.16. The molecule has 0 spiro atoms. The fourth-order valence-corrected chi connectivity index (χ4v) is 3.76. The third-order valence-electron chi connectivity index (χ3n) is 4.49. The molecule has 3 aromatic carbocycles. The second-order valence-corrected chi connectivity index (χ2v) is 7.10. The van der Waals surface area contributed by atoms with E-state index in [-0.39, 0.29) is 5.76 Å². The summed E-state index contributed by atoms with van der Waals surface area (Å²) in [6.45, 7) is 0. The molecule has 0 aliphatic carbocycles. The number of amides is 1. The molecule has 0 atom stereocenters. The fraction of sp³-hybridized carbons (Fsp3) is 0.0909. The molecule has 1 aromatic heterocycles. The second-order valence-electron chi connectivity index (χ2n) is 6.25. The summed E-state index contributed by atoms with van der Waals surface area (Å²) < 4.78 is 17.0. The third-order valence-corrected chi connectivity index (χ3v) is 5.07. The van der Waals surface area contributed by atoms with Gasteiger partial charge in [-0.25, -0.2) is 5.43 Å². The van der Waals surface area contributed by atoms with Crippen molar-refractivity contribution >= 4 is 49.8 Å².